The summed E-state index contributed by atoms with van der Waals surface area (Å²) in [4.78, 5) is 14.8. The zero-order chi connectivity index (χ0) is 23.5. The van der Waals surface area contributed by atoms with E-state index < -0.39 is 18.3 Å². The molecule has 3 fully saturated rings. The van der Waals surface area contributed by atoms with E-state index in [4.69, 9.17) is 14.0 Å². The Morgan fingerprint density at radius 2 is 1.69 bits per heavy atom. The number of rotatable bonds is 6. The van der Waals surface area contributed by atoms with Crippen LogP contribution in [-0.4, -0.2) is 52.2 Å². The maximum atomic E-state index is 13.0. The molecule has 1 N–H and O–H groups in total. The normalized spacial score (nSPS) is 28.6. The van der Waals surface area contributed by atoms with Crippen molar-refractivity contribution in [3.05, 3.63) is 29.8 Å². The van der Waals surface area contributed by atoms with Gasteiger partial charge in [0, 0.05) is 19.4 Å². The first-order chi connectivity index (χ1) is 14.7. The van der Waals surface area contributed by atoms with E-state index in [1.807, 2.05) is 58.9 Å². The number of nitrogens with zero attached hydrogens (tertiary/aromatic N) is 1. The molecule has 0 bridgehead atoms. The average molecular weight is 443 g/mol. The van der Waals surface area contributed by atoms with E-state index >= 15 is 0 Å². The lowest BCUT2D eigenvalue weighted by Gasteiger charge is -2.45. The second-order valence-corrected chi connectivity index (χ2v) is 11.6. The molecule has 2 saturated heterocycles. The SMILES string of the molecule is C[C@@H](c1ccc(B2OC(C)(C)C(C)(C)O2)cc1)N1CCC(CC(C)(C)O)(C2CC2)OC1=O. The van der Waals surface area contributed by atoms with Gasteiger partial charge in [-0.1, -0.05) is 24.3 Å². The van der Waals surface area contributed by atoms with E-state index in [-0.39, 0.29) is 23.3 Å². The van der Waals surface area contributed by atoms with Gasteiger partial charge in [0.15, 0.2) is 0 Å². The number of hydrogen-bond acceptors (Lipinski definition) is 5. The fraction of sp³-hybridized carbons (Fsp3) is 0.720. The zero-order valence-electron chi connectivity index (χ0n) is 20.6. The van der Waals surface area contributed by atoms with E-state index in [1.165, 1.54) is 0 Å². The van der Waals surface area contributed by atoms with Crippen LogP contribution in [0.3, 0.4) is 0 Å². The Balaban J connectivity index is 1.44. The van der Waals surface area contributed by atoms with Gasteiger partial charge in [-0.2, -0.15) is 0 Å². The monoisotopic (exact) mass is 443 g/mol. The minimum absolute atomic E-state index is 0.103. The molecule has 1 aromatic carbocycles. The smallest absolute Gasteiger partial charge is 0.442 e. The summed E-state index contributed by atoms with van der Waals surface area (Å²) in [6, 6.07) is 8.02. The maximum Gasteiger partial charge on any atom is 0.494 e. The molecule has 6 nitrogen and oxygen atoms in total. The second-order valence-electron chi connectivity index (χ2n) is 11.6. The molecule has 2 heterocycles. The number of benzene rings is 1. The average Bonchev–Trinajstić information content (AvgIpc) is 3.48. The van der Waals surface area contributed by atoms with Gasteiger partial charge in [-0.3, -0.25) is 0 Å². The highest BCUT2D eigenvalue weighted by Crippen LogP contribution is 2.50. The van der Waals surface area contributed by atoms with Crippen molar-refractivity contribution in [2.75, 3.05) is 6.54 Å². The van der Waals surface area contributed by atoms with Crippen LogP contribution in [0, 0.1) is 5.92 Å². The highest BCUT2D eigenvalue weighted by atomic mass is 16.7. The fourth-order valence-corrected chi connectivity index (χ4v) is 5.03. The van der Waals surface area contributed by atoms with Crippen LogP contribution in [0.25, 0.3) is 0 Å². The first-order valence-electron chi connectivity index (χ1n) is 11.9. The Labute approximate surface area is 192 Å². The largest absolute Gasteiger partial charge is 0.494 e. The molecule has 2 atom stereocenters. The molecule has 0 aromatic heterocycles. The first-order valence-corrected chi connectivity index (χ1v) is 11.9. The Morgan fingerprint density at radius 3 is 2.16 bits per heavy atom. The number of cyclic esters (lactones) is 1. The number of aliphatic hydroxyl groups is 1. The third kappa shape index (κ3) is 4.44. The van der Waals surface area contributed by atoms with E-state index in [2.05, 4.69) is 0 Å². The molecule has 176 valence electrons. The Morgan fingerprint density at radius 1 is 1.12 bits per heavy atom. The number of carbonyl (C=O) groups excluding carboxylic acids is 1. The lowest BCUT2D eigenvalue weighted by molar-refractivity contribution is -0.108. The van der Waals surface area contributed by atoms with Gasteiger partial charge in [-0.15, -0.1) is 0 Å². The van der Waals surface area contributed by atoms with Gasteiger partial charge in [0.05, 0.1) is 22.8 Å². The summed E-state index contributed by atoms with van der Waals surface area (Å²) in [5.74, 6) is 0.370. The third-order valence-electron chi connectivity index (χ3n) is 7.77. The molecule has 0 radical (unpaired) electrons. The van der Waals surface area contributed by atoms with Crippen LogP contribution in [0.1, 0.15) is 85.8 Å². The van der Waals surface area contributed by atoms with Crippen LogP contribution >= 0.6 is 0 Å². The summed E-state index contributed by atoms with van der Waals surface area (Å²) in [5, 5.41) is 10.4. The molecule has 1 aliphatic carbocycles. The van der Waals surface area contributed by atoms with Crippen molar-refractivity contribution in [2.24, 2.45) is 5.92 Å². The van der Waals surface area contributed by atoms with Gasteiger partial charge in [0.2, 0.25) is 0 Å². The minimum atomic E-state index is -0.861. The third-order valence-corrected chi connectivity index (χ3v) is 7.77. The lowest BCUT2D eigenvalue weighted by Crippen LogP contribution is -2.54. The van der Waals surface area contributed by atoms with Gasteiger partial charge in [0.25, 0.3) is 0 Å². The predicted octanol–water partition coefficient (Wildman–Crippen LogP) is 4.20. The van der Waals surface area contributed by atoms with Crippen LogP contribution < -0.4 is 5.46 Å². The van der Waals surface area contributed by atoms with E-state index in [9.17, 15) is 9.90 Å². The van der Waals surface area contributed by atoms with Crippen LogP contribution in [0.2, 0.25) is 0 Å². The van der Waals surface area contributed by atoms with Crippen molar-refractivity contribution < 1.29 is 23.9 Å². The van der Waals surface area contributed by atoms with Gasteiger partial charge in [-0.05, 0) is 78.3 Å². The van der Waals surface area contributed by atoms with Crippen molar-refractivity contribution in [3.63, 3.8) is 0 Å². The van der Waals surface area contributed by atoms with Crippen LogP contribution in [0.15, 0.2) is 24.3 Å². The molecule has 1 aromatic rings. The predicted molar refractivity (Wildman–Crippen MR) is 125 cm³/mol. The molecule has 1 unspecified atom stereocenters. The lowest BCUT2D eigenvalue weighted by atomic mass is 9.78. The Kier molecular flexibility index (Phi) is 5.71. The van der Waals surface area contributed by atoms with Crippen LogP contribution in [0.4, 0.5) is 4.79 Å². The molecule has 4 rings (SSSR count). The minimum Gasteiger partial charge on any atom is -0.442 e. The number of hydrogen-bond donors (Lipinski definition) is 1. The van der Waals surface area contributed by atoms with Crippen LogP contribution in [0.5, 0.6) is 0 Å². The zero-order valence-corrected chi connectivity index (χ0v) is 20.6. The summed E-state index contributed by atoms with van der Waals surface area (Å²) in [5.41, 5.74) is -0.134. The summed E-state index contributed by atoms with van der Waals surface area (Å²) in [6.45, 7) is 14.4. The Hall–Kier alpha value is -1.57. The van der Waals surface area contributed by atoms with Crippen molar-refractivity contribution in [2.45, 2.75) is 103 Å². The molecule has 1 amide bonds. The number of amides is 1. The van der Waals surface area contributed by atoms with Gasteiger partial charge in [0.1, 0.15) is 5.60 Å². The number of ether oxygens (including phenoxy) is 1. The summed E-state index contributed by atoms with van der Waals surface area (Å²) in [6.07, 6.45) is 3.10. The van der Waals surface area contributed by atoms with Crippen molar-refractivity contribution >= 4 is 18.7 Å². The molecule has 2 aliphatic heterocycles. The van der Waals surface area contributed by atoms with Gasteiger partial charge < -0.3 is 24.1 Å². The molecule has 7 heteroatoms. The van der Waals surface area contributed by atoms with E-state index in [0.717, 1.165) is 30.3 Å². The van der Waals surface area contributed by atoms with Crippen LogP contribution in [-0.2, 0) is 14.0 Å². The van der Waals surface area contributed by atoms with E-state index in [1.54, 1.807) is 18.7 Å². The van der Waals surface area contributed by atoms with Crippen molar-refractivity contribution in [1.82, 2.24) is 4.90 Å². The van der Waals surface area contributed by atoms with Crippen molar-refractivity contribution in [3.8, 4) is 0 Å². The van der Waals surface area contributed by atoms with Gasteiger partial charge in [-0.25, -0.2) is 4.79 Å². The second kappa shape index (κ2) is 7.74. The van der Waals surface area contributed by atoms with Gasteiger partial charge >= 0.3 is 13.2 Å². The standard InChI is InChI=1S/C25H38BNO5/c1-17(18-8-12-20(13-9-18)26-31-23(4,5)24(6,7)32-26)27-15-14-25(19-10-11-19,30-21(27)28)16-22(2,3)29/h8-9,12-13,17,19,29H,10-11,14-16H2,1-7H3/t17-,25?/m0/s1. The molecule has 3 aliphatic rings. The summed E-state index contributed by atoms with van der Waals surface area (Å²) >= 11 is 0. The number of carbonyl (C=O) groups is 1. The quantitative estimate of drug-likeness (QED) is 0.668. The van der Waals surface area contributed by atoms with E-state index in [0.29, 0.717) is 18.9 Å². The molecule has 32 heavy (non-hydrogen) atoms. The molecular formula is C25H38BNO5. The molecular weight excluding hydrogens is 405 g/mol. The molecule has 1 saturated carbocycles. The highest BCUT2D eigenvalue weighted by molar-refractivity contribution is 6.62. The topological polar surface area (TPSA) is 68.2 Å². The fourth-order valence-electron chi connectivity index (χ4n) is 5.03. The highest BCUT2D eigenvalue weighted by Gasteiger charge is 2.54. The van der Waals surface area contributed by atoms with Crippen molar-refractivity contribution in [1.29, 1.82) is 0 Å². The summed E-state index contributed by atoms with van der Waals surface area (Å²) < 4.78 is 18.4. The maximum absolute atomic E-state index is 13.0. The first kappa shape index (κ1) is 23.6. The summed E-state index contributed by atoms with van der Waals surface area (Å²) in [7, 11) is -0.398. The molecule has 0 spiro atoms. The Bertz CT molecular complexity index is 842.